The van der Waals surface area contributed by atoms with Crippen LogP contribution >= 0.6 is 0 Å². The van der Waals surface area contributed by atoms with Gasteiger partial charge in [0.25, 0.3) is 0 Å². The minimum atomic E-state index is 0. The van der Waals surface area contributed by atoms with E-state index in [2.05, 4.69) is 32.8 Å². The van der Waals surface area contributed by atoms with Gasteiger partial charge in [-0.25, -0.2) is 0 Å². The molecule has 1 heterocycles. The summed E-state index contributed by atoms with van der Waals surface area (Å²) in [6, 6.07) is 0. The van der Waals surface area contributed by atoms with Crippen LogP contribution in [-0.2, 0) is 0 Å². The summed E-state index contributed by atoms with van der Waals surface area (Å²) in [6.45, 7) is 8.60. The van der Waals surface area contributed by atoms with Crippen molar-refractivity contribution in [1.29, 1.82) is 0 Å². The molecule has 11 heavy (non-hydrogen) atoms. The number of halogens is 1. The fourth-order valence-corrected chi connectivity index (χ4v) is 1.09. The second kappa shape index (κ2) is 3.21. The summed E-state index contributed by atoms with van der Waals surface area (Å²) in [5, 5.41) is 4.34. The quantitative estimate of drug-likeness (QED) is 0.375. The molecule has 64 valence electrons. The van der Waals surface area contributed by atoms with Gasteiger partial charge in [-0.05, 0) is 25.9 Å². The minimum Gasteiger partial charge on any atom is -1.00 e. The van der Waals surface area contributed by atoms with Crippen molar-refractivity contribution >= 4 is 11.4 Å². The van der Waals surface area contributed by atoms with Gasteiger partial charge >= 0.3 is 0 Å². The molecule has 1 aliphatic heterocycles. The number of hydrazone groups is 1. The lowest BCUT2D eigenvalue weighted by Crippen LogP contribution is -3.00. The molecule has 0 unspecified atom stereocenters. The van der Waals surface area contributed by atoms with E-state index in [1.54, 1.807) is 0 Å². The van der Waals surface area contributed by atoms with Gasteiger partial charge in [0.1, 0.15) is 0 Å². The second-order valence-electron chi connectivity index (χ2n) is 3.42. The third-order valence-electron chi connectivity index (χ3n) is 2.59. The number of rotatable bonds is 0. The summed E-state index contributed by atoms with van der Waals surface area (Å²) in [4.78, 5) is 0. The maximum Gasteiger partial charge on any atom is 0.193 e. The molecule has 0 aromatic carbocycles. The van der Waals surface area contributed by atoms with Crippen LogP contribution in [0.3, 0.4) is 0 Å². The van der Waals surface area contributed by atoms with Gasteiger partial charge in [-0.2, -0.15) is 0 Å². The standard InChI is InChI=1S/C8H15N2.HI/c1-6-8(3,4)7(2)10(5)9-6;/h1-5H3;1H/q+1;/p-1. The van der Waals surface area contributed by atoms with Crippen molar-refractivity contribution in [2.75, 3.05) is 7.05 Å². The summed E-state index contributed by atoms with van der Waals surface area (Å²) in [5.41, 5.74) is 2.70. The molecule has 0 bridgehead atoms. The normalized spacial score (nSPS) is 21.4. The molecule has 0 radical (unpaired) electrons. The van der Waals surface area contributed by atoms with Crippen LogP contribution in [0.4, 0.5) is 0 Å². The zero-order valence-corrected chi connectivity index (χ0v) is 9.93. The van der Waals surface area contributed by atoms with Crippen molar-refractivity contribution in [3.8, 4) is 0 Å². The highest BCUT2D eigenvalue weighted by Gasteiger charge is 2.38. The van der Waals surface area contributed by atoms with Gasteiger partial charge in [0.05, 0.1) is 11.1 Å². The van der Waals surface area contributed by atoms with Crippen LogP contribution in [0.25, 0.3) is 0 Å². The second-order valence-corrected chi connectivity index (χ2v) is 3.42. The first-order valence-electron chi connectivity index (χ1n) is 3.59. The molecule has 0 fully saturated rings. The first-order chi connectivity index (χ1) is 4.46. The minimum absolute atomic E-state index is 0. The van der Waals surface area contributed by atoms with Crippen molar-refractivity contribution in [3.05, 3.63) is 0 Å². The Kier molecular flexibility index (Phi) is 3.23. The van der Waals surface area contributed by atoms with E-state index in [1.165, 1.54) is 11.4 Å². The largest absolute Gasteiger partial charge is 1.00 e. The fourth-order valence-electron chi connectivity index (χ4n) is 1.09. The van der Waals surface area contributed by atoms with Gasteiger partial charge in [0.2, 0.25) is 0 Å². The molecule has 1 aliphatic rings. The van der Waals surface area contributed by atoms with E-state index in [9.17, 15) is 0 Å². The average Bonchev–Trinajstić information content (AvgIpc) is 1.97. The van der Waals surface area contributed by atoms with Crippen LogP contribution in [0.15, 0.2) is 5.10 Å². The van der Waals surface area contributed by atoms with Gasteiger partial charge in [0.15, 0.2) is 12.8 Å². The molecule has 0 aliphatic carbocycles. The van der Waals surface area contributed by atoms with Crippen LogP contribution < -0.4 is 24.0 Å². The number of hydrogen-bond acceptors (Lipinski definition) is 1. The van der Waals surface area contributed by atoms with Crippen molar-refractivity contribution < 1.29 is 28.7 Å². The van der Waals surface area contributed by atoms with Crippen LogP contribution in [0.5, 0.6) is 0 Å². The van der Waals surface area contributed by atoms with Gasteiger partial charge in [-0.1, -0.05) is 4.68 Å². The highest BCUT2D eigenvalue weighted by atomic mass is 127. The van der Waals surface area contributed by atoms with Crippen LogP contribution in [0.1, 0.15) is 27.7 Å². The van der Waals surface area contributed by atoms with Gasteiger partial charge in [0, 0.05) is 6.92 Å². The van der Waals surface area contributed by atoms with E-state index < -0.39 is 0 Å². The third kappa shape index (κ3) is 1.63. The molecular weight excluding hydrogens is 251 g/mol. The molecule has 0 N–H and O–H groups in total. The highest BCUT2D eigenvalue weighted by molar-refractivity contribution is 6.08. The molecule has 0 amide bonds. The zero-order chi connectivity index (χ0) is 7.94. The summed E-state index contributed by atoms with van der Waals surface area (Å²) in [7, 11) is 1.99. The highest BCUT2D eigenvalue weighted by Crippen LogP contribution is 2.23. The van der Waals surface area contributed by atoms with Gasteiger partial charge in [-0.3, -0.25) is 0 Å². The Balaban J connectivity index is 0.000001000. The van der Waals surface area contributed by atoms with Gasteiger partial charge in [-0.15, -0.1) is 0 Å². The SMILES string of the molecule is CC1=N[N+](C)=C(C)C1(C)C.[I-]. The molecule has 1 rings (SSSR count). The predicted octanol–water partition coefficient (Wildman–Crippen LogP) is -1.49. The molecule has 0 saturated carbocycles. The summed E-state index contributed by atoms with van der Waals surface area (Å²) in [6.07, 6.45) is 0. The topological polar surface area (TPSA) is 15.4 Å². The molecule has 3 heteroatoms. The Morgan fingerprint density at radius 3 is 1.82 bits per heavy atom. The van der Waals surface area contributed by atoms with Crippen molar-refractivity contribution in [2.45, 2.75) is 27.7 Å². The van der Waals surface area contributed by atoms with E-state index in [4.69, 9.17) is 0 Å². The van der Waals surface area contributed by atoms with Crippen LogP contribution in [0.2, 0.25) is 0 Å². The lowest BCUT2D eigenvalue weighted by molar-refractivity contribution is -0.500. The Morgan fingerprint density at radius 1 is 1.27 bits per heavy atom. The molecule has 2 nitrogen and oxygen atoms in total. The van der Waals surface area contributed by atoms with E-state index in [1.807, 2.05) is 11.7 Å². The summed E-state index contributed by atoms with van der Waals surface area (Å²) < 4.78 is 1.95. The molecule has 0 aromatic heterocycles. The van der Waals surface area contributed by atoms with Crippen LogP contribution in [0, 0.1) is 5.41 Å². The van der Waals surface area contributed by atoms with Gasteiger partial charge < -0.3 is 24.0 Å². The van der Waals surface area contributed by atoms with Crippen molar-refractivity contribution in [3.63, 3.8) is 0 Å². The molecule has 0 aromatic rings. The molecule has 0 saturated heterocycles. The number of hydrogen-bond donors (Lipinski definition) is 0. The molecule has 0 spiro atoms. The molecular formula is C8H15IN2. The lowest BCUT2D eigenvalue weighted by Gasteiger charge is -2.12. The summed E-state index contributed by atoms with van der Waals surface area (Å²) in [5.74, 6) is 0. The van der Waals surface area contributed by atoms with E-state index in [-0.39, 0.29) is 29.4 Å². The smallest absolute Gasteiger partial charge is 0.193 e. The van der Waals surface area contributed by atoms with Crippen LogP contribution in [-0.4, -0.2) is 23.2 Å². The Bertz CT molecular complexity index is 226. The van der Waals surface area contributed by atoms with E-state index >= 15 is 0 Å². The maximum atomic E-state index is 4.34. The van der Waals surface area contributed by atoms with E-state index in [0.29, 0.717) is 0 Å². The summed E-state index contributed by atoms with van der Waals surface area (Å²) >= 11 is 0. The fraction of sp³-hybridized carbons (Fsp3) is 0.750. The Hall–Kier alpha value is 0.0700. The van der Waals surface area contributed by atoms with Crippen molar-refractivity contribution in [2.24, 2.45) is 10.5 Å². The zero-order valence-electron chi connectivity index (χ0n) is 7.77. The maximum absolute atomic E-state index is 4.34. The first-order valence-corrected chi connectivity index (χ1v) is 3.59. The first kappa shape index (κ1) is 11.1. The number of nitrogens with zero attached hydrogens (tertiary/aromatic N) is 2. The molecule has 0 atom stereocenters. The Morgan fingerprint density at radius 2 is 1.73 bits per heavy atom. The van der Waals surface area contributed by atoms with E-state index in [0.717, 1.165) is 0 Å². The predicted molar refractivity (Wildman–Crippen MR) is 43.8 cm³/mol. The lowest BCUT2D eigenvalue weighted by atomic mass is 9.84. The third-order valence-corrected chi connectivity index (χ3v) is 2.59. The average molecular weight is 266 g/mol. The van der Waals surface area contributed by atoms with Crippen molar-refractivity contribution in [1.82, 2.24) is 0 Å². The monoisotopic (exact) mass is 266 g/mol. The Labute approximate surface area is 85.4 Å².